The van der Waals surface area contributed by atoms with Gasteiger partial charge < -0.3 is 10.2 Å². The van der Waals surface area contributed by atoms with Crippen LogP contribution in [0.2, 0.25) is 0 Å². The summed E-state index contributed by atoms with van der Waals surface area (Å²) in [5.41, 5.74) is 0.781. The monoisotopic (exact) mass is 293 g/mol. The number of nitrogens with zero attached hydrogens (tertiary/aromatic N) is 1. The Morgan fingerprint density at radius 2 is 1.52 bits per heavy atom. The van der Waals surface area contributed by atoms with Gasteiger partial charge in [0.15, 0.2) is 5.78 Å². The first-order valence-electron chi connectivity index (χ1n) is 6.75. The third-order valence-electron chi connectivity index (χ3n) is 2.84. The molecule has 1 aromatic carbocycles. The van der Waals surface area contributed by atoms with Crippen molar-refractivity contribution in [2.75, 3.05) is 19.8 Å². The van der Waals surface area contributed by atoms with Crippen molar-refractivity contribution in [3.8, 4) is 0 Å². The molecular formula is C15H19NO5. The summed E-state index contributed by atoms with van der Waals surface area (Å²) in [5.74, 6) is -0.813. The van der Waals surface area contributed by atoms with Crippen LogP contribution in [0, 0.1) is 0 Å². The van der Waals surface area contributed by atoms with Crippen LogP contribution < -0.4 is 0 Å². The number of hydrogen-bond acceptors (Lipinski definition) is 5. The Balaban J connectivity index is 0.000000491. The van der Waals surface area contributed by atoms with Gasteiger partial charge in [-0.2, -0.15) is 0 Å². The topological polar surface area (TPSA) is 94.9 Å². The number of benzene rings is 1. The summed E-state index contributed by atoms with van der Waals surface area (Å²) in [4.78, 5) is 36.3. The fourth-order valence-corrected chi connectivity index (χ4v) is 1.92. The molecule has 2 rings (SSSR count). The van der Waals surface area contributed by atoms with Crippen LogP contribution in [0.4, 0.5) is 0 Å². The zero-order valence-electron chi connectivity index (χ0n) is 11.9. The maximum atomic E-state index is 11.9. The molecule has 6 heteroatoms. The van der Waals surface area contributed by atoms with Crippen molar-refractivity contribution >= 4 is 17.6 Å². The molecule has 0 fully saturated rings. The lowest BCUT2D eigenvalue weighted by Crippen LogP contribution is -2.34. The van der Waals surface area contributed by atoms with Crippen LogP contribution in [0.3, 0.4) is 0 Å². The van der Waals surface area contributed by atoms with Crippen LogP contribution in [-0.2, 0) is 4.79 Å². The van der Waals surface area contributed by atoms with E-state index in [-0.39, 0.29) is 37.4 Å². The molecule has 0 unspecified atom stereocenters. The van der Waals surface area contributed by atoms with Crippen LogP contribution in [-0.4, -0.2) is 52.5 Å². The largest absolute Gasteiger partial charge is 0.394 e. The molecule has 0 radical (unpaired) electrons. The maximum absolute atomic E-state index is 11.9. The van der Waals surface area contributed by atoms with E-state index in [0.717, 1.165) is 11.3 Å². The van der Waals surface area contributed by atoms with E-state index in [1.807, 2.05) is 6.92 Å². The van der Waals surface area contributed by atoms with Crippen molar-refractivity contribution in [1.29, 1.82) is 0 Å². The minimum Gasteiger partial charge on any atom is -0.394 e. The summed E-state index contributed by atoms with van der Waals surface area (Å²) in [7, 11) is 0. The van der Waals surface area contributed by atoms with Gasteiger partial charge in [0, 0.05) is 6.42 Å². The summed E-state index contributed by atoms with van der Waals surface area (Å²) in [6.45, 7) is 1.53. The molecule has 1 aliphatic heterocycles. The highest BCUT2D eigenvalue weighted by molar-refractivity contribution is 6.22. The zero-order chi connectivity index (χ0) is 15.8. The molecule has 6 nitrogen and oxygen atoms in total. The smallest absolute Gasteiger partial charge is 0.261 e. The van der Waals surface area contributed by atoms with Gasteiger partial charge in [-0.05, 0) is 18.6 Å². The number of fused-ring (bicyclic) bond motifs is 1. The number of aliphatic hydroxyl groups excluding tert-OH is 2. The average molecular weight is 293 g/mol. The van der Waals surface area contributed by atoms with E-state index in [0.29, 0.717) is 17.5 Å². The number of imide groups is 1. The first-order chi connectivity index (χ1) is 10.1. The number of amides is 2. The lowest BCUT2D eigenvalue weighted by molar-refractivity contribution is -0.119. The Hall–Kier alpha value is -2.05. The normalized spacial score (nSPS) is 12.8. The fraction of sp³-hybridized carbons (Fsp3) is 0.400. The minimum absolute atomic E-state index is 0.0815. The molecule has 2 N–H and O–H groups in total. The van der Waals surface area contributed by atoms with Crippen LogP contribution in [0.15, 0.2) is 24.3 Å². The predicted octanol–water partition coefficient (Wildman–Crippen LogP) is 0.623. The lowest BCUT2D eigenvalue weighted by Gasteiger charge is -2.12. The fourth-order valence-electron chi connectivity index (χ4n) is 1.92. The Bertz CT molecular complexity index is 490. The molecule has 0 saturated carbocycles. The van der Waals surface area contributed by atoms with E-state index in [9.17, 15) is 14.4 Å². The quantitative estimate of drug-likeness (QED) is 0.776. The van der Waals surface area contributed by atoms with Crippen LogP contribution >= 0.6 is 0 Å². The van der Waals surface area contributed by atoms with Gasteiger partial charge in [-0.1, -0.05) is 19.1 Å². The molecule has 0 aromatic heterocycles. The number of carbonyl (C=O) groups excluding carboxylic acids is 3. The Morgan fingerprint density at radius 3 is 1.90 bits per heavy atom. The summed E-state index contributed by atoms with van der Waals surface area (Å²) in [6, 6.07) is 6.64. The van der Waals surface area contributed by atoms with E-state index in [1.165, 1.54) is 0 Å². The second-order valence-corrected chi connectivity index (χ2v) is 4.48. The van der Waals surface area contributed by atoms with Crippen molar-refractivity contribution in [3.63, 3.8) is 0 Å². The van der Waals surface area contributed by atoms with Gasteiger partial charge in [0.2, 0.25) is 0 Å². The van der Waals surface area contributed by atoms with Crippen molar-refractivity contribution in [2.24, 2.45) is 0 Å². The number of aliphatic hydroxyl groups is 2. The van der Waals surface area contributed by atoms with Crippen molar-refractivity contribution in [3.05, 3.63) is 35.4 Å². The summed E-state index contributed by atoms with van der Waals surface area (Å²) in [5, 5.41) is 15.2. The van der Waals surface area contributed by atoms with Gasteiger partial charge in [0.1, 0.15) is 0 Å². The molecule has 0 saturated heterocycles. The third-order valence-corrected chi connectivity index (χ3v) is 2.84. The van der Waals surface area contributed by atoms with E-state index in [1.54, 1.807) is 24.3 Å². The molecule has 21 heavy (non-hydrogen) atoms. The Labute approximate surface area is 123 Å². The average Bonchev–Trinajstić information content (AvgIpc) is 2.73. The van der Waals surface area contributed by atoms with Crippen LogP contribution in [0.5, 0.6) is 0 Å². The van der Waals surface area contributed by atoms with E-state index >= 15 is 0 Å². The Morgan fingerprint density at radius 1 is 1.05 bits per heavy atom. The highest BCUT2D eigenvalue weighted by Crippen LogP contribution is 2.22. The summed E-state index contributed by atoms with van der Waals surface area (Å²) in [6.07, 6.45) is 1.12. The van der Waals surface area contributed by atoms with E-state index in [4.69, 9.17) is 10.2 Å². The number of hydrogen-bond donors (Lipinski definition) is 2. The molecule has 1 aromatic rings. The maximum Gasteiger partial charge on any atom is 0.261 e. The zero-order valence-corrected chi connectivity index (χ0v) is 11.9. The number of ketones is 1. The first kappa shape index (κ1) is 17.0. The first-order valence-corrected chi connectivity index (χ1v) is 6.75. The van der Waals surface area contributed by atoms with Gasteiger partial charge in [0.05, 0.1) is 30.9 Å². The third kappa shape index (κ3) is 4.21. The standard InChI is InChI=1S/C13H13NO3.C2H6O2/c1-2-5-9(15)8-14-12(16)10-6-3-4-7-11(10)13(14)17;3-1-2-4/h3-4,6-7H,2,5,8H2,1H3;3-4H,1-2H2. The SMILES string of the molecule is CCCC(=O)CN1C(=O)c2ccccc2C1=O.OCCO. The van der Waals surface area contributed by atoms with Crippen molar-refractivity contribution in [2.45, 2.75) is 19.8 Å². The van der Waals surface area contributed by atoms with Gasteiger partial charge in [-0.3, -0.25) is 19.3 Å². The molecule has 0 bridgehead atoms. The second-order valence-electron chi connectivity index (χ2n) is 4.48. The van der Waals surface area contributed by atoms with E-state index in [2.05, 4.69) is 0 Å². The molecule has 0 aliphatic carbocycles. The molecule has 2 amide bonds. The molecule has 1 heterocycles. The highest BCUT2D eigenvalue weighted by Gasteiger charge is 2.35. The number of carbonyl (C=O) groups is 3. The second kappa shape index (κ2) is 8.28. The summed E-state index contributed by atoms with van der Waals surface area (Å²) >= 11 is 0. The molecule has 0 atom stereocenters. The number of rotatable bonds is 5. The van der Waals surface area contributed by atoms with Gasteiger partial charge in [-0.25, -0.2) is 0 Å². The van der Waals surface area contributed by atoms with Crippen molar-refractivity contribution < 1.29 is 24.6 Å². The molecule has 1 aliphatic rings. The molecule has 114 valence electrons. The predicted molar refractivity (Wildman–Crippen MR) is 75.9 cm³/mol. The molecular weight excluding hydrogens is 274 g/mol. The van der Waals surface area contributed by atoms with Gasteiger partial charge in [0.25, 0.3) is 11.8 Å². The summed E-state index contributed by atoms with van der Waals surface area (Å²) < 4.78 is 0. The molecule has 0 spiro atoms. The Kier molecular flexibility index (Phi) is 6.71. The van der Waals surface area contributed by atoms with Crippen LogP contribution in [0.1, 0.15) is 40.5 Å². The van der Waals surface area contributed by atoms with Crippen LogP contribution in [0.25, 0.3) is 0 Å². The lowest BCUT2D eigenvalue weighted by atomic mass is 10.1. The van der Waals surface area contributed by atoms with Gasteiger partial charge >= 0.3 is 0 Å². The number of Topliss-reactive ketones (excluding diaryl/α,β-unsaturated/α-hetero) is 1. The van der Waals surface area contributed by atoms with Gasteiger partial charge in [-0.15, -0.1) is 0 Å². The minimum atomic E-state index is -0.366. The van der Waals surface area contributed by atoms with E-state index < -0.39 is 0 Å². The highest BCUT2D eigenvalue weighted by atomic mass is 16.3. The van der Waals surface area contributed by atoms with Crippen molar-refractivity contribution in [1.82, 2.24) is 4.90 Å².